The van der Waals surface area contributed by atoms with Crippen LogP contribution in [-0.2, 0) is 9.59 Å². The second-order valence-corrected chi connectivity index (χ2v) is 5.41. The molecular formula is C17H26N2O3. The first-order valence-electron chi connectivity index (χ1n) is 7.85. The number of nitrogens with one attached hydrogen (secondary N) is 1. The van der Waals surface area contributed by atoms with E-state index in [1.54, 1.807) is 23.1 Å². The lowest BCUT2D eigenvalue weighted by atomic mass is 10.2. The van der Waals surface area contributed by atoms with Gasteiger partial charge in [0.25, 0.3) is 0 Å². The van der Waals surface area contributed by atoms with Gasteiger partial charge >= 0.3 is 11.8 Å². The van der Waals surface area contributed by atoms with Gasteiger partial charge in [-0.15, -0.1) is 0 Å². The number of hydrogen-bond donors (Lipinski definition) is 1. The second kappa shape index (κ2) is 9.07. The summed E-state index contributed by atoms with van der Waals surface area (Å²) >= 11 is 0. The van der Waals surface area contributed by atoms with E-state index in [1.165, 1.54) is 0 Å². The highest BCUT2D eigenvalue weighted by Gasteiger charge is 2.21. The summed E-state index contributed by atoms with van der Waals surface area (Å²) in [5.74, 6) is -0.555. The minimum atomic E-state index is -0.623. The first-order chi connectivity index (χ1) is 10.5. The van der Waals surface area contributed by atoms with Crippen LogP contribution in [0.5, 0.6) is 5.75 Å². The molecule has 0 atom stereocenters. The van der Waals surface area contributed by atoms with Gasteiger partial charge in [-0.3, -0.25) is 9.59 Å². The number of hydrogen-bond acceptors (Lipinski definition) is 3. The van der Waals surface area contributed by atoms with Gasteiger partial charge in [-0.2, -0.15) is 0 Å². The maximum Gasteiger partial charge on any atom is 0.314 e. The van der Waals surface area contributed by atoms with Crippen LogP contribution in [0.3, 0.4) is 0 Å². The van der Waals surface area contributed by atoms with Crippen LogP contribution >= 0.6 is 0 Å². The SMILES string of the molecule is CCCN(CCC)C(=O)C(=O)Nc1ccccc1OC(C)C. The summed E-state index contributed by atoms with van der Waals surface area (Å²) in [6.07, 6.45) is 1.64. The molecule has 0 aliphatic heterocycles. The molecule has 0 spiro atoms. The maximum atomic E-state index is 12.2. The average molecular weight is 306 g/mol. The smallest absolute Gasteiger partial charge is 0.314 e. The summed E-state index contributed by atoms with van der Waals surface area (Å²) < 4.78 is 5.64. The van der Waals surface area contributed by atoms with Crippen molar-refractivity contribution in [1.82, 2.24) is 4.90 Å². The van der Waals surface area contributed by atoms with Crippen LogP contribution in [0, 0.1) is 0 Å². The lowest BCUT2D eigenvalue weighted by molar-refractivity contribution is -0.143. The average Bonchev–Trinajstić information content (AvgIpc) is 2.47. The van der Waals surface area contributed by atoms with Crippen molar-refractivity contribution in [3.8, 4) is 5.75 Å². The molecule has 122 valence electrons. The van der Waals surface area contributed by atoms with Gasteiger partial charge in [-0.25, -0.2) is 0 Å². The normalized spacial score (nSPS) is 10.4. The van der Waals surface area contributed by atoms with Crippen LogP contribution < -0.4 is 10.1 Å². The third-order valence-corrected chi connectivity index (χ3v) is 2.97. The van der Waals surface area contributed by atoms with E-state index >= 15 is 0 Å². The fourth-order valence-electron chi connectivity index (χ4n) is 2.10. The molecule has 22 heavy (non-hydrogen) atoms. The van der Waals surface area contributed by atoms with Gasteiger partial charge in [0.1, 0.15) is 5.75 Å². The molecule has 0 bridgehead atoms. The summed E-state index contributed by atoms with van der Waals surface area (Å²) in [6.45, 7) is 8.97. The van der Waals surface area contributed by atoms with Crippen molar-refractivity contribution in [2.45, 2.75) is 46.6 Å². The highest BCUT2D eigenvalue weighted by atomic mass is 16.5. The number of nitrogens with zero attached hydrogens (tertiary/aromatic N) is 1. The first-order valence-corrected chi connectivity index (χ1v) is 7.85. The van der Waals surface area contributed by atoms with Crippen LogP contribution in [0.25, 0.3) is 0 Å². The van der Waals surface area contributed by atoms with Crippen molar-refractivity contribution in [2.24, 2.45) is 0 Å². The van der Waals surface area contributed by atoms with Crippen molar-refractivity contribution in [3.63, 3.8) is 0 Å². The number of carbonyl (C=O) groups excluding carboxylic acids is 2. The van der Waals surface area contributed by atoms with E-state index in [9.17, 15) is 9.59 Å². The fourth-order valence-corrected chi connectivity index (χ4v) is 2.10. The third-order valence-electron chi connectivity index (χ3n) is 2.97. The van der Waals surface area contributed by atoms with Crippen molar-refractivity contribution < 1.29 is 14.3 Å². The molecule has 0 saturated heterocycles. The van der Waals surface area contributed by atoms with Gasteiger partial charge in [0.2, 0.25) is 0 Å². The van der Waals surface area contributed by atoms with E-state index in [4.69, 9.17) is 4.74 Å². The number of carbonyl (C=O) groups is 2. The van der Waals surface area contributed by atoms with Crippen molar-refractivity contribution in [3.05, 3.63) is 24.3 Å². The van der Waals surface area contributed by atoms with Crippen LogP contribution in [0.4, 0.5) is 5.69 Å². The minimum absolute atomic E-state index is 0.00886. The number of benzene rings is 1. The molecule has 0 aromatic heterocycles. The zero-order valence-corrected chi connectivity index (χ0v) is 13.9. The predicted octanol–water partition coefficient (Wildman–Crippen LogP) is 3.06. The molecule has 5 heteroatoms. The minimum Gasteiger partial charge on any atom is -0.489 e. The molecule has 0 fully saturated rings. The van der Waals surface area contributed by atoms with Gasteiger partial charge in [0.15, 0.2) is 0 Å². The summed E-state index contributed by atoms with van der Waals surface area (Å²) in [5.41, 5.74) is 0.516. The molecule has 1 rings (SSSR count). The molecule has 1 aromatic carbocycles. The molecule has 0 aliphatic carbocycles. The summed E-state index contributed by atoms with van der Waals surface area (Å²) in [5, 5.41) is 2.66. The molecular weight excluding hydrogens is 280 g/mol. The number of rotatable bonds is 7. The Morgan fingerprint density at radius 1 is 1.14 bits per heavy atom. The molecule has 0 radical (unpaired) electrons. The maximum absolute atomic E-state index is 12.2. The van der Waals surface area contributed by atoms with E-state index in [-0.39, 0.29) is 6.10 Å². The summed E-state index contributed by atoms with van der Waals surface area (Å²) in [4.78, 5) is 26.0. The Morgan fingerprint density at radius 3 is 2.27 bits per heavy atom. The Labute approximate surface area is 132 Å². The van der Waals surface area contributed by atoms with Gasteiger partial charge in [-0.1, -0.05) is 26.0 Å². The van der Waals surface area contributed by atoms with E-state index in [2.05, 4.69) is 5.32 Å². The number of ether oxygens (including phenoxy) is 1. The van der Waals surface area contributed by atoms with Gasteiger partial charge in [-0.05, 0) is 38.8 Å². The summed E-state index contributed by atoms with van der Waals surface area (Å²) in [6, 6.07) is 7.13. The molecule has 0 heterocycles. The monoisotopic (exact) mass is 306 g/mol. The summed E-state index contributed by atoms with van der Waals surface area (Å²) in [7, 11) is 0. The Kier molecular flexibility index (Phi) is 7.43. The van der Waals surface area contributed by atoms with Crippen LogP contribution in [0.1, 0.15) is 40.5 Å². The molecule has 1 N–H and O–H groups in total. The number of anilines is 1. The lowest BCUT2D eigenvalue weighted by Gasteiger charge is -2.21. The largest absolute Gasteiger partial charge is 0.489 e. The van der Waals surface area contributed by atoms with Crippen molar-refractivity contribution >= 4 is 17.5 Å². The highest BCUT2D eigenvalue weighted by molar-refractivity contribution is 6.39. The zero-order valence-electron chi connectivity index (χ0n) is 13.9. The van der Waals surface area contributed by atoms with Gasteiger partial charge in [0, 0.05) is 13.1 Å². The van der Waals surface area contributed by atoms with E-state index < -0.39 is 11.8 Å². The third kappa shape index (κ3) is 5.39. The van der Waals surface area contributed by atoms with Gasteiger partial charge < -0.3 is 15.0 Å². The Balaban J connectivity index is 2.81. The lowest BCUT2D eigenvalue weighted by Crippen LogP contribution is -2.40. The van der Waals surface area contributed by atoms with E-state index in [0.29, 0.717) is 24.5 Å². The first kappa shape index (κ1) is 18.0. The Bertz CT molecular complexity index is 494. The number of amides is 2. The van der Waals surface area contributed by atoms with Crippen LogP contribution in [-0.4, -0.2) is 35.9 Å². The molecule has 0 saturated carbocycles. The van der Waals surface area contributed by atoms with Gasteiger partial charge in [0.05, 0.1) is 11.8 Å². The topological polar surface area (TPSA) is 58.6 Å². The Hall–Kier alpha value is -2.04. The predicted molar refractivity (Wildman–Crippen MR) is 88.0 cm³/mol. The number of para-hydroxylation sites is 2. The van der Waals surface area contributed by atoms with Crippen molar-refractivity contribution in [2.75, 3.05) is 18.4 Å². The molecule has 2 amide bonds. The Morgan fingerprint density at radius 2 is 1.73 bits per heavy atom. The van der Waals surface area contributed by atoms with E-state index in [1.807, 2.05) is 33.8 Å². The van der Waals surface area contributed by atoms with Crippen molar-refractivity contribution in [1.29, 1.82) is 0 Å². The molecule has 1 aromatic rings. The highest BCUT2D eigenvalue weighted by Crippen LogP contribution is 2.24. The van der Waals surface area contributed by atoms with Crippen LogP contribution in [0.15, 0.2) is 24.3 Å². The fraction of sp³-hybridized carbons (Fsp3) is 0.529. The van der Waals surface area contributed by atoms with Crippen LogP contribution in [0.2, 0.25) is 0 Å². The molecule has 0 unspecified atom stereocenters. The van der Waals surface area contributed by atoms with E-state index in [0.717, 1.165) is 12.8 Å². The molecule has 0 aliphatic rings. The molecule has 5 nitrogen and oxygen atoms in total. The zero-order chi connectivity index (χ0) is 16.5. The quantitative estimate of drug-likeness (QED) is 0.788. The standard InChI is InChI=1S/C17H26N2O3/c1-5-11-19(12-6-2)17(21)16(20)18-14-9-7-8-10-15(14)22-13(3)4/h7-10,13H,5-6,11-12H2,1-4H3,(H,18,20). The second-order valence-electron chi connectivity index (χ2n) is 5.41.